The van der Waals surface area contributed by atoms with E-state index in [4.69, 9.17) is 0 Å². The zero-order chi connectivity index (χ0) is 19.3. The third-order valence-corrected chi connectivity index (χ3v) is 7.34. The van der Waals surface area contributed by atoms with Gasteiger partial charge < -0.3 is 5.32 Å². The summed E-state index contributed by atoms with van der Waals surface area (Å²) in [6.45, 7) is 2.62. The molecule has 27 heavy (non-hydrogen) atoms. The lowest BCUT2D eigenvalue weighted by Crippen LogP contribution is -2.51. The molecule has 0 spiro atoms. The summed E-state index contributed by atoms with van der Waals surface area (Å²) >= 11 is 0. The van der Waals surface area contributed by atoms with Crippen LogP contribution in [0.1, 0.15) is 32.1 Å². The predicted molar refractivity (Wildman–Crippen MR) is 101 cm³/mol. The Hall–Kier alpha value is -1.51. The Kier molecular flexibility index (Phi) is 6.83. The molecule has 1 N–H and O–H groups in total. The van der Waals surface area contributed by atoms with Gasteiger partial charge in [0.2, 0.25) is 15.9 Å². The van der Waals surface area contributed by atoms with E-state index in [0.717, 1.165) is 12.6 Å². The molecule has 2 fully saturated rings. The van der Waals surface area contributed by atoms with Crippen molar-refractivity contribution in [2.75, 3.05) is 39.3 Å². The molecule has 0 bridgehead atoms. The summed E-state index contributed by atoms with van der Waals surface area (Å²) in [6.07, 6.45) is 6.19. The monoisotopic (exact) mass is 397 g/mol. The number of benzene rings is 1. The minimum atomic E-state index is -3.70. The summed E-state index contributed by atoms with van der Waals surface area (Å²) < 4.78 is 39.9. The van der Waals surface area contributed by atoms with Gasteiger partial charge >= 0.3 is 0 Å². The van der Waals surface area contributed by atoms with Gasteiger partial charge in [-0.1, -0.05) is 25.3 Å². The molecule has 0 unspecified atom stereocenters. The van der Waals surface area contributed by atoms with Crippen molar-refractivity contribution in [3.63, 3.8) is 0 Å². The van der Waals surface area contributed by atoms with Crippen LogP contribution in [0.15, 0.2) is 29.2 Å². The first-order valence-electron chi connectivity index (χ1n) is 9.70. The maximum atomic E-state index is 13.3. The van der Waals surface area contributed by atoms with Crippen LogP contribution in [0.5, 0.6) is 0 Å². The molecule has 2 aliphatic rings. The van der Waals surface area contributed by atoms with Crippen LogP contribution in [0.25, 0.3) is 0 Å². The first kappa shape index (κ1) is 20.2. The number of rotatable bonds is 6. The van der Waals surface area contributed by atoms with Crippen molar-refractivity contribution in [1.82, 2.24) is 14.5 Å². The molecule has 1 aliphatic heterocycles. The van der Waals surface area contributed by atoms with Gasteiger partial charge in [0.1, 0.15) is 5.82 Å². The number of sulfonamides is 1. The van der Waals surface area contributed by atoms with E-state index >= 15 is 0 Å². The predicted octanol–water partition coefficient (Wildman–Crippen LogP) is 1.83. The molecule has 0 aromatic heterocycles. The van der Waals surface area contributed by atoms with Crippen molar-refractivity contribution in [2.45, 2.75) is 37.0 Å². The lowest BCUT2D eigenvalue weighted by atomic mass is 9.89. The van der Waals surface area contributed by atoms with E-state index in [2.05, 4.69) is 5.32 Å². The van der Waals surface area contributed by atoms with Gasteiger partial charge in [-0.2, -0.15) is 4.31 Å². The van der Waals surface area contributed by atoms with Crippen LogP contribution in [0.3, 0.4) is 0 Å². The van der Waals surface area contributed by atoms with Crippen molar-refractivity contribution in [2.24, 2.45) is 5.92 Å². The number of carbonyl (C=O) groups excluding carboxylic acids is 1. The maximum Gasteiger partial charge on any atom is 0.243 e. The third-order valence-electron chi connectivity index (χ3n) is 5.44. The van der Waals surface area contributed by atoms with Gasteiger partial charge in [0.05, 0.1) is 11.4 Å². The van der Waals surface area contributed by atoms with E-state index in [1.165, 1.54) is 54.6 Å². The Balaban J connectivity index is 1.45. The lowest BCUT2D eigenvalue weighted by molar-refractivity contribution is -0.122. The molecule has 3 rings (SSSR count). The van der Waals surface area contributed by atoms with E-state index in [1.807, 2.05) is 4.90 Å². The number of nitrogens with one attached hydrogen (secondary N) is 1. The molecule has 6 nitrogen and oxygen atoms in total. The molecule has 1 aromatic rings. The first-order valence-corrected chi connectivity index (χ1v) is 11.1. The molecule has 0 atom stereocenters. The van der Waals surface area contributed by atoms with Gasteiger partial charge in [0.25, 0.3) is 0 Å². The zero-order valence-corrected chi connectivity index (χ0v) is 16.4. The molecule has 1 amide bonds. The summed E-state index contributed by atoms with van der Waals surface area (Å²) in [7, 11) is -3.70. The van der Waals surface area contributed by atoms with Gasteiger partial charge in [0, 0.05) is 32.7 Å². The Bertz CT molecular complexity index is 742. The van der Waals surface area contributed by atoms with Crippen molar-refractivity contribution in [1.29, 1.82) is 0 Å². The molecule has 8 heteroatoms. The first-order chi connectivity index (χ1) is 12.9. The van der Waals surface area contributed by atoms with Crippen molar-refractivity contribution < 1.29 is 17.6 Å². The topological polar surface area (TPSA) is 69.7 Å². The van der Waals surface area contributed by atoms with E-state index in [0.29, 0.717) is 38.6 Å². The minimum absolute atomic E-state index is 0.00186. The molecule has 150 valence electrons. The second-order valence-corrected chi connectivity index (χ2v) is 9.38. The van der Waals surface area contributed by atoms with E-state index in [-0.39, 0.29) is 10.8 Å². The number of carbonyl (C=O) groups is 1. The van der Waals surface area contributed by atoms with Crippen LogP contribution < -0.4 is 5.32 Å². The number of hydrogen-bond donors (Lipinski definition) is 1. The van der Waals surface area contributed by atoms with Crippen molar-refractivity contribution >= 4 is 15.9 Å². The molecule has 1 aromatic carbocycles. The summed E-state index contributed by atoms with van der Waals surface area (Å²) in [5, 5.41) is 3.02. The smallest absolute Gasteiger partial charge is 0.243 e. The fraction of sp³-hybridized carbons (Fsp3) is 0.632. The van der Waals surface area contributed by atoms with Gasteiger partial charge in [-0.25, -0.2) is 12.8 Å². The molecule has 1 heterocycles. The van der Waals surface area contributed by atoms with E-state index in [9.17, 15) is 17.6 Å². The number of piperazine rings is 1. The summed E-state index contributed by atoms with van der Waals surface area (Å²) in [5.41, 5.74) is 0. The minimum Gasteiger partial charge on any atom is -0.355 e. The van der Waals surface area contributed by atoms with Gasteiger partial charge in [-0.3, -0.25) is 9.69 Å². The van der Waals surface area contributed by atoms with Crippen LogP contribution >= 0.6 is 0 Å². The van der Waals surface area contributed by atoms with Crippen LogP contribution in [0.4, 0.5) is 4.39 Å². The van der Waals surface area contributed by atoms with Gasteiger partial charge in [-0.05, 0) is 37.0 Å². The second-order valence-electron chi connectivity index (χ2n) is 7.45. The normalized spacial score (nSPS) is 20.5. The molecule has 1 aliphatic carbocycles. The Morgan fingerprint density at radius 2 is 1.81 bits per heavy atom. The fourth-order valence-corrected chi connectivity index (χ4v) is 5.27. The Morgan fingerprint density at radius 3 is 2.48 bits per heavy atom. The van der Waals surface area contributed by atoms with Crippen LogP contribution in [0.2, 0.25) is 0 Å². The SMILES string of the molecule is O=C(CN1CCN(S(=O)(=O)c2cccc(F)c2)CC1)NCC1CCCCC1. The lowest BCUT2D eigenvalue weighted by Gasteiger charge is -2.33. The molecule has 1 saturated carbocycles. The van der Waals surface area contributed by atoms with Crippen molar-refractivity contribution in [3.8, 4) is 0 Å². The summed E-state index contributed by atoms with van der Waals surface area (Å²) in [6, 6.07) is 5.07. The van der Waals surface area contributed by atoms with Crippen molar-refractivity contribution in [3.05, 3.63) is 30.1 Å². The van der Waals surface area contributed by atoms with Crippen LogP contribution in [0, 0.1) is 11.7 Å². The average Bonchev–Trinajstić information content (AvgIpc) is 2.68. The molecule has 0 radical (unpaired) electrons. The highest BCUT2D eigenvalue weighted by molar-refractivity contribution is 7.89. The highest BCUT2D eigenvalue weighted by atomic mass is 32.2. The second kappa shape index (κ2) is 9.12. The highest BCUT2D eigenvalue weighted by Crippen LogP contribution is 2.22. The number of hydrogen-bond acceptors (Lipinski definition) is 4. The molecular formula is C19H28FN3O3S. The average molecular weight is 398 g/mol. The number of nitrogens with zero attached hydrogens (tertiary/aromatic N) is 2. The maximum absolute atomic E-state index is 13.3. The summed E-state index contributed by atoms with van der Waals surface area (Å²) in [4.78, 5) is 14.1. The van der Waals surface area contributed by atoms with Gasteiger partial charge in [-0.15, -0.1) is 0 Å². The Morgan fingerprint density at radius 1 is 1.11 bits per heavy atom. The van der Waals surface area contributed by atoms with Crippen LogP contribution in [-0.4, -0.2) is 62.8 Å². The molecular weight excluding hydrogens is 369 g/mol. The quantitative estimate of drug-likeness (QED) is 0.795. The van der Waals surface area contributed by atoms with E-state index < -0.39 is 15.8 Å². The van der Waals surface area contributed by atoms with E-state index in [1.54, 1.807) is 0 Å². The fourth-order valence-electron chi connectivity index (χ4n) is 3.81. The van der Waals surface area contributed by atoms with Gasteiger partial charge in [0.15, 0.2) is 0 Å². The zero-order valence-electron chi connectivity index (χ0n) is 15.6. The standard InChI is InChI=1S/C19H28FN3O3S/c20-17-7-4-8-18(13-17)27(25,26)23-11-9-22(10-12-23)15-19(24)21-14-16-5-2-1-3-6-16/h4,7-8,13,16H,1-3,5-6,9-12,14-15H2,(H,21,24). The largest absolute Gasteiger partial charge is 0.355 e. The summed E-state index contributed by atoms with van der Waals surface area (Å²) in [5.74, 6) is 0.0299. The Labute approximate surface area is 160 Å². The highest BCUT2D eigenvalue weighted by Gasteiger charge is 2.29. The van der Waals surface area contributed by atoms with Crippen LogP contribution in [-0.2, 0) is 14.8 Å². The third kappa shape index (κ3) is 5.49. The number of halogens is 1. The molecule has 1 saturated heterocycles. The number of amides is 1.